The number of methoxy groups -OCH3 is 1. The minimum absolute atomic E-state index is 0.0261. The van der Waals surface area contributed by atoms with Gasteiger partial charge in [-0.3, -0.25) is 4.79 Å². The van der Waals surface area contributed by atoms with Crippen LogP contribution in [0.4, 0.5) is 0 Å². The van der Waals surface area contributed by atoms with E-state index in [1.807, 2.05) is 26.0 Å². The first-order valence-corrected chi connectivity index (χ1v) is 7.19. The van der Waals surface area contributed by atoms with E-state index >= 15 is 0 Å². The van der Waals surface area contributed by atoms with Crippen LogP contribution < -0.4 is 5.32 Å². The number of allylic oxidation sites excluding steroid dienone is 1. The fourth-order valence-corrected chi connectivity index (χ4v) is 2.55. The van der Waals surface area contributed by atoms with Gasteiger partial charge in [-0.25, -0.2) is 4.79 Å². The van der Waals surface area contributed by atoms with Gasteiger partial charge in [0.25, 0.3) is 0 Å². The van der Waals surface area contributed by atoms with Crippen LogP contribution in [0.1, 0.15) is 31.9 Å². The van der Waals surface area contributed by atoms with Crippen LogP contribution in [0.5, 0.6) is 0 Å². The number of rotatable bonds is 3. The van der Waals surface area contributed by atoms with Crippen LogP contribution in [0.2, 0.25) is 5.02 Å². The monoisotopic (exact) mass is 307 g/mol. The highest BCUT2D eigenvalue weighted by Gasteiger charge is 2.33. The summed E-state index contributed by atoms with van der Waals surface area (Å²) in [4.78, 5) is 24.2. The Labute approximate surface area is 129 Å². The van der Waals surface area contributed by atoms with Crippen molar-refractivity contribution < 1.29 is 14.3 Å². The molecular weight excluding hydrogens is 290 g/mol. The molecule has 5 heteroatoms. The van der Waals surface area contributed by atoms with Gasteiger partial charge < -0.3 is 10.1 Å². The zero-order chi connectivity index (χ0) is 15.6. The van der Waals surface area contributed by atoms with Gasteiger partial charge in [-0.1, -0.05) is 37.6 Å². The molecule has 0 aromatic heterocycles. The summed E-state index contributed by atoms with van der Waals surface area (Å²) in [6.45, 7) is 3.87. The number of carbonyl (C=O) groups excluding carboxylic acids is 2. The molecule has 0 fully saturated rings. The Kier molecular flexibility index (Phi) is 4.68. The molecule has 1 atom stereocenters. The number of carbonyl (C=O) groups is 2. The number of halogens is 1. The SMILES string of the molecule is COC(=O)C1=C(C(C)C)NC(c2ccc(Cl)cc2)CC1=O. The van der Waals surface area contributed by atoms with E-state index in [1.165, 1.54) is 7.11 Å². The summed E-state index contributed by atoms with van der Waals surface area (Å²) >= 11 is 5.88. The highest BCUT2D eigenvalue weighted by atomic mass is 35.5. The Hall–Kier alpha value is -1.81. The summed E-state index contributed by atoms with van der Waals surface area (Å²) in [7, 11) is 1.28. The third kappa shape index (κ3) is 3.27. The van der Waals surface area contributed by atoms with Gasteiger partial charge in [0.1, 0.15) is 5.57 Å². The number of Topliss-reactive ketones (excluding diaryl/α,β-unsaturated/α-hetero) is 1. The Balaban J connectivity index is 2.37. The number of ether oxygens (including phenoxy) is 1. The van der Waals surface area contributed by atoms with Crippen LogP contribution in [-0.2, 0) is 14.3 Å². The van der Waals surface area contributed by atoms with Crippen LogP contribution in [0.3, 0.4) is 0 Å². The van der Waals surface area contributed by atoms with E-state index in [2.05, 4.69) is 5.32 Å². The Morgan fingerprint density at radius 1 is 1.33 bits per heavy atom. The molecule has 1 aliphatic rings. The van der Waals surface area contributed by atoms with Crippen molar-refractivity contribution in [3.05, 3.63) is 46.1 Å². The van der Waals surface area contributed by atoms with Crippen LogP contribution in [-0.4, -0.2) is 18.9 Å². The van der Waals surface area contributed by atoms with Crippen LogP contribution in [0, 0.1) is 5.92 Å². The quantitative estimate of drug-likeness (QED) is 0.689. The summed E-state index contributed by atoms with van der Waals surface area (Å²) in [5.74, 6) is -0.742. The third-order valence-corrected chi connectivity index (χ3v) is 3.76. The Bertz CT molecular complexity index is 590. The fourth-order valence-electron chi connectivity index (χ4n) is 2.43. The molecule has 1 aliphatic heterocycles. The fraction of sp³-hybridized carbons (Fsp3) is 0.375. The van der Waals surface area contributed by atoms with E-state index in [9.17, 15) is 9.59 Å². The molecule has 1 unspecified atom stereocenters. The molecule has 4 nitrogen and oxygen atoms in total. The number of benzene rings is 1. The van der Waals surface area contributed by atoms with Gasteiger partial charge in [-0.05, 0) is 23.6 Å². The molecule has 112 valence electrons. The summed E-state index contributed by atoms with van der Waals surface area (Å²) in [5, 5.41) is 3.95. The van der Waals surface area contributed by atoms with Crippen LogP contribution in [0.15, 0.2) is 35.5 Å². The predicted octanol–water partition coefficient (Wildman–Crippen LogP) is 3.03. The van der Waals surface area contributed by atoms with Crippen molar-refractivity contribution in [1.82, 2.24) is 5.32 Å². The lowest BCUT2D eigenvalue weighted by atomic mass is 9.89. The summed E-state index contributed by atoms with van der Waals surface area (Å²) in [5.41, 5.74) is 1.74. The Morgan fingerprint density at radius 3 is 2.48 bits per heavy atom. The number of esters is 1. The third-order valence-electron chi connectivity index (χ3n) is 3.51. The molecule has 0 saturated carbocycles. The molecular formula is C16H18ClNO3. The number of hydrogen-bond donors (Lipinski definition) is 1. The zero-order valence-electron chi connectivity index (χ0n) is 12.3. The van der Waals surface area contributed by atoms with Crippen molar-refractivity contribution in [1.29, 1.82) is 0 Å². The van der Waals surface area contributed by atoms with Crippen molar-refractivity contribution in [2.75, 3.05) is 7.11 Å². The molecule has 0 saturated heterocycles. The topological polar surface area (TPSA) is 55.4 Å². The predicted molar refractivity (Wildman–Crippen MR) is 80.8 cm³/mol. The van der Waals surface area contributed by atoms with Gasteiger partial charge in [0.15, 0.2) is 5.78 Å². The molecule has 21 heavy (non-hydrogen) atoms. The van der Waals surface area contributed by atoms with Crippen molar-refractivity contribution in [3.63, 3.8) is 0 Å². The van der Waals surface area contributed by atoms with E-state index < -0.39 is 5.97 Å². The summed E-state index contributed by atoms with van der Waals surface area (Å²) < 4.78 is 4.72. The van der Waals surface area contributed by atoms with E-state index in [0.29, 0.717) is 10.7 Å². The standard InChI is InChI=1S/C16H18ClNO3/c1-9(2)15-14(16(20)21-3)13(19)8-12(18-15)10-4-6-11(17)7-5-10/h4-7,9,12,18H,8H2,1-3H3. The van der Waals surface area contributed by atoms with E-state index in [-0.39, 0.29) is 29.7 Å². The summed E-state index contributed by atoms with van der Waals surface area (Å²) in [6, 6.07) is 7.19. The lowest BCUT2D eigenvalue weighted by molar-refractivity contribution is -0.138. The largest absolute Gasteiger partial charge is 0.465 e. The molecule has 0 spiro atoms. The van der Waals surface area contributed by atoms with Crippen LogP contribution in [0.25, 0.3) is 0 Å². The minimum atomic E-state index is -0.578. The summed E-state index contributed by atoms with van der Waals surface area (Å²) in [6.07, 6.45) is 0.224. The van der Waals surface area contributed by atoms with Gasteiger partial charge in [-0.15, -0.1) is 0 Å². The molecule has 0 bridgehead atoms. The molecule has 1 aromatic carbocycles. The van der Waals surface area contributed by atoms with Gasteiger partial charge in [0.2, 0.25) is 0 Å². The van der Waals surface area contributed by atoms with Gasteiger partial charge in [-0.2, -0.15) is 0 Å². The maximum atomic E-state index is 12.3. The molecule has 1 N–H and O–H groups in total. The second-order valence-corrected chi connectivity index (χ2v) is 5.75. The lowest BCUT2D eigenvalue weighted by Gasteiger charge is -2.30. The normalized spacial score (nSPS) is 18.7. The van der Waals surface area contributed by atoms with Gasteiger partial charge >= 0.3 is 5.97 Å². The van der Waals surface area contributed by atoms with E-state index in [0.717, 1.165) is 5.56 Å². The van der Waals surface area contributed by atoms with E-state index in [4.69, 9.17) is 16.3 Å². The first-order chi connectivity index (χ1) is 9.93. The molecule has 1 heterocycles. The minimum Gasteiger partial charge on any atom is -0.465 e. The van der Waals surface area contributed by atoms with Crippen molar-refractivity contribution in [3.8, 4) is 0 Å². The Morgan fingerprint density at radius 2 is 1.95 bits per heavy atom. The smallest absolute Gasteiger partial charge is 0.343 e. The first-order valence-electron chi connectivity index (χ1n) is 6.81. The average molecular weight is 308 g/mol. The average Bonchev–Trinajstić information content (AvgIpc) is 2.46. The molecule has 0 amide bonds. The molecule has 0 radical (unpaired) electrons. The second-order valence-electron chi connectivity index (χ2n) is 5.31. The maximum absolute atomic E-state index is 12.3. The molecule has 2 rings (SSSR count). The lowest BCUT2D eigenvalue weighted by Crippen LogP contribution is -2.36. The highest BCUT2D eigenvalue weighted by Crippen LogP contribution is 2.30. The van der Waals surface area contributed by atoms with Crippen molar-refractivity contribution in [2.45, 2.75) is 26.3 Å². The van der Waals surface area contributed by atoms with Crippen molar-refractivity contribution >= 4 is 23.4 Å². The maximum Gasteiger partial charge on any atom is 0.343 e. The number of ketones is 1. The van der Waals surface area contributed by atoms with Crippen molar-refractivity contribution in [2.24, 2.45) is 5.92 Å². The first kappa shape index (κ1) is 15.6. The van der Waals surface area contributed by atoms with Crippen LogP contribution >= 0.6 is 11.6 Å². The molecule has 1 aromatic rings. The molecule has 0 aliphatic carbocycles. The zero-order valence-corrected chi connectivity index (χ0v) is 13.0. The number of nitrogens with one attached hydrogen (secondary N) is 1. The highest BCUT2D eigenvalue weighted by molar-refractivity contribution is 6.30. The second kappa shape index (κ2) is 6.31. The van der Waals surface area contributed by atoms with E-state index in [1.54, 1.807) is 12.1 Å². The number of hydrogen-bond acceptors (Lipinski definition) is 4. The van der Waals surface area contributed by atoms with Gasteiger partial charge in [0, 0.05) is 17.1 Å². The van der Waals surface area contributed by atoms with Gasteiger partial charge in [0.05, 0.1) is 13.2 Å².